The van der Waals surface area contributed by atoms with Crippen molar-refractivity contribution in [2.45, 2.75) is 46.1 Å². The highest BCUT2D eigenvalue weighted by Crippen LogP contribution is 2.38. The second kappa shape index (κ2) is 4.80. The monoisotopic (exact) mass is 259 g/mol. The molecule has 0 aliphatic heterocycles. The van der Waals surface area contributed by atoms with Crippen molar-refractivity contribution in [3.8, 4) is 0 Å². The Hall–Kier alpha value is 0.180. The van der Waals surface area contributed by atoms with Gasteiger partial charge >= 0.3 is 0 Å². The van der Waals surface area contributed by atoms with E-state index in [1.165, 1.54) is 19.3 Å². The molecule has 2 atom stereocenters. The fraction of sp³-hybridized carbons (Fsp3) is 0.833. The molecule has 0 radical (unpaired) electrons. The summed E-state index contributed by atoms with van der Waals surface area (Å²) in [4.78, 5) is 0. The van der Waals surface area contributed by atoms with Crippen LogP contribution in [0.2, 0.25) is 0 Å². The van der Waals surface area contributed by atoms with Crippen molar-refractivity contribution in [3.05, 3.63) is 11.1 Å². The molecule has 0 aromatic carbocycles. The van der Waals surface area contributed by atoms with Gasteiger partial charge in [-0.05, 0) is 30.6 Å². The number of hydrogen-bond acceptors (Lipinski definition) is 1. The van der Waals surface area contributed by atoms with Crippen LogP contribution in [0.5, 0.6) is 0 Å². The molecule has 1 aliphatic rings. The van der Waals surface area contributed by atoms with Gasteiger partial charge < -0.3 is 5.32 Å². The number of halogens is 1. The van der Waals surface area contributed by atoms with Crippen LogP contribution in [0.15, 0.2) is 11.1 Å². The maximum Gasteiger partial charge on any atom is 0.0268 e. The van der Waals surface area contributed by atoms with Crippen molar-refractivity contribution in [1.29, 1.82) is 0 Å². The molecular weight excluding hydrogens is 238 g/mol. The van der Waals surface area contributed by atoms with Crippen molar-refractivity contribution < 1.29 is 0 Å². The zero-order valence-corrected chi connectivity index (χ0v) is 11.2. The molecule has 2 heteroatoms. The van der Waals surface area contributed by atoms with Crippen molar-refractivity contribution in [3.63, 3.8) is 0 Å². The highest BCUT2D eigenvalue weighted by atomic mass is 79.9. The first-order valence-electron chi connectivity index (χ1n) is 5.47. The highest BCUT2D eigenvalue weighted by Gasteiger charge is 2.31. The first-order valence-corrected chi connectivity index (χ1v) is 6.27. The molecule has 1 nitrogen and oxygen atoms in total. The molecule has 0 saturated heterocycles. The fourth-order valence-electron chi connectivity index (χ4n) is 2.49. The van der Waals surface area contributed by atoms with Crippen LogP contribution in [-0.2, 0) is 0 Å². The fourth-order valence-corrected chi connectivity index (χ4v) is 2.65. The highest BCUT2D eigenvalue weighted by molar-refractivity contribution is 9.11. The van der Waals surface area contributed by atoms with Gasteiger partial charge in [-0.1, -0.05) is 43.3 Å². The Morgan fingerprint density at radius 2 is 2.21 bits per heavy atom. The maximum atomic E-state index is 3.85. The van der Waals surface area contributed by atoms with Crippen LogP contribution in [0.25, 0.3) is 0 Å². The summed E-state index contributed by atoms with van der Waals surface area (Å²) in [6.45, 7) is 11.9. The van der Waals surface area contributed by atoms with Crippen LogP contribution < -0.4 is 5.32 Å². The molecule has 0 aromatic rings. The molecule has 0 heterocycles. The minimum absolute atomic E-state index is 0.545. The molecule has 0 bridgehead atoms. The predicted molar refractivity (Wildman–Crippen MR) is 66.7 cm³/mol. The van der Waals surface area contributed by atoms with E-state index in [0.717, 1.165) is 16.9 Å². The molecule has 0 amide bonds. The molecule has 2 unspecified atom stereocenters. The molecule has 1 fully saturated rings. The number of rotatable bonds is 3. The van der Waals surface area contributed by atoms with E-state index in [-0.39, 0.29) is 0 Å². The van der Waals surface area contributed by atoms with E-state index in [4.69, 9.17) is 0 Å². The largest absolute Gasteiger partial charge is 0.309 e. The normalized spacial score (nSPS) is 31.4. The van der Waals surface area contributed by atoms with Gasteiger partial charge in [0.2, 0.25) is 0 Å². The number of hydrogen-bond donors (Lipinski definition) is 1. The van der Waals surface area contributed by atoms with Gasteiger partial charge in [-0.15, -0.1) is 0 Å². The average Bonchev–Trinajstić information content (AvgIpc) is 2.00. The SMILES string of the molecule is C=C(Br)CNC1CCC(C)(C)CC1C. The molecule has 1 aliphatic carbocycles. The summed E-state index contributed by atoms with van der Waals surface area (Å²) in [5, 5.41) is 3.56. The lowest BCUT2D eigenvalue weighted by Crippen LogP contribution is -2.42. The molecule has 0 spiro atoms. The summed E-state index contributed by atoms with van der Waals surface area (Å²) in [5.74, 6) is 0.783. The summed E-state index contributed by atoms with van der Waals surface area (Å²) < 4.78 is 1.05. The van der Waals surface area contributed by atoms with E-state index in [1.54, 1.807) is 0 Å². The first kappa shape index (κ1) is 12.3. The van der Waals surface area contributed by atoms with E-state index in [2.05, 4.69) is 48.6 Å². The van der Waals surface area contributed by atoms with Crippen LogP contribution in [0.3, 0.4) is 0 Å². The van der Waals surface area contributed by atoms with E-state index >= 15 is 0 Å². The first-order chi connectivity index (χ1) is 6.41. The van der Waals surface area contributed by atoms with Gasteiger partial charge in [0.25, 0.3) is 0 Å². The summed E-state index contributed by atoms with van der Waals surface area (Å²) >= 11 is 3.39. The third kappa shape index (κ3) is 3.74. The molecule has 1 saturated carbocycles. The van der Waals surface area contributed by atoms with Crippen LogP contribution in [0.1, 0.15) is 40.0 Å². The van der Waals surface area contributed by atoms with Crippen LogP contribution >= 0.6 is 15.9 Å². The zero-order valence-electron chi connectivity index (χ0n) is 9.57. The minimum Gasteiger partial charge on any atom is -0.309 e. The van der Waals surface area contributed by atoms with E-state index in [9.17, 15) is 0 Å². The molecule has 1 N–H and O–H groups in total. The number of nitrogens with one attached hydrogen (secondary N) is 1. The van der Waals surface area contributed by atoms with Gasteiger partial charge in [0.1, 0.15) is 0 Å². The smallest absolute Gasteiger partial charge is 0.0268 e. The third-order valence-electron chi connectivity index (χ3n) is 3.25. The van der Waals surface area contributed by atoms with Crippen LogP contribution in [-0.4, -0.2) is 12.6 Å². The van der Waals surface area contributed by atoms with Crippen molar-refractivity contribution in [1.82, 2.24) is 5.32 Å². The Kier molecular flexibility index (Phi) is 4.20. The summed E-state index contributed by atoms with van der Waals surface area (Å²) in [5.41, 5.74) is 0.545. The van der Waals surface area contributed by atoms with Crippen molar-refractivity contribution in [2.24, 2.45) is 11.3 Å². The summed E-state index contributed by atoms with van der Waals surface area (Å²) in [6.07, 6.45) is 3.97. The maximum absolute atomic E-state index is 3.85. The summed E-state index contributed by atoms with van der Waals surface area (Å²) in [6, 6.07) is 0.678. The third-order valence-corrected chi connectivity index (χ3v) is 3.53. The predicted octanol–water partition coefficient (Wildman–Crippen LogP) is 3.70. The Balaban J connectivity index is 2.38. The van der Waals surface area contributed by atoms with Gasteiger partial charge in [0.05, 0.1) is 0 Å². The van der Waals surface area contributed by atoms with E-state index in [1.807, 2.05) is 0 Å². The standard InChI is InChI=1S/C12H22BrN/c1-9-7-12(3,4)6-5-11(9)14-8-10(2)13/h9,11,14H,2,5-8H2,1,3-4H3. The Labute approximate surface area is 96.5 Å². The lowest BCUT2D eigenvalue weighted by molar-refractivity contribution is 0.151. The quantitative estimate of drug-likeness (QED) is 0.815. The lowest BCUT2D eigenvalue weighted by Gasteiger charge is -2.39. The van der Waals surface area contributed by atoms with Crippen LogP contribution in [0.4, 0.5) is 0 Å². The average molecular weight is 260 g/mol. The van der Waals surface area contributed by atoms with Crippen molar-refractivity contribution >= 4 is 15.9 Å². The summed E-state index contributed by atoms with van der Waals surface area (Å²) in [7, 11) is 0. The molecule has 0 aromatic heterocycles. The Bertz CT molecular complexity index is 210. The van der Waals surface area contributed by atoms with Gasteiger partial charge in [-0.3, -0.25) is 0 Å². The second-order valence-corrected chi connectivity index (χ2v) is 6.51. The van der Waals surface area contributed by atoms with Crippen molar-refractivity contribution in [2.75, 3.05) is 6.54 Å². The Morgan fingerprint density at radius 3 is 2.71 bits per heavy atom. The molecule has 14 heavy (non-hydrogen) atoms. The topological polar surface area (TPSA) is 12.0 Å². The minimum atomic E-state index is 0.545. The molecular formula is C12H22BrN. The second-order valence-electron chi connectivity index (χ2n) is 5.39. The van der Waals surface area contributed by atoms with Gasteiger partial charge in [-0.2, -0.15) is 0 Å². The zero-order chi connectivity index (χ0) is 10.8. The molecule has 82 valence electrons. The van der Waals surface area contributed by atoms with E-state index < -0.39 is 0 Å². The van der Waals surface area contributed by atoms with Gasteiger partial charge in [0.15, 0.2) is 0 Å². The van der Waals surface area contributed by atoms with E-state index in [0.29, 0.717) is 11.5 Å². The Morgan fingerprint density at radius 1 is 1.57 bits per heavy atom. The molecule has 1 rings (SSSR count). The van der Waals surface area contributed by atoms with Gasteiger partial charge in [0, 0.05) is 17.1 Å². The lowest BCUT2D eigenvalue weighted by atomic mass is 9.70. The van der Waals surface area contributed by atoms with Crippen LogP contribution in [0, 0.1) is 11.3 Å². The van der Waals surface area contributed by atoms with Gasteiger partial charge in [-0.25, -0.2) is 0 Å².